The number of carbonyl (C=O) groups excluding carboxylic acids is 2. The van der Waals surface area contributed by atoms with Gasteiger partial charge in [-0.15, -0.1) is 0 Å². The van der Waals surface area contributed by atoms with Gasteiger partial charge in [-0.25, -0.2) is 9.78 Å². The molecule has 4 rings (SSSR count). The van der Waals surface area contributed by atoms with Crippen molar-refractivity contribution in [3.8, 4) is 0 Å². The van der Waals surface area contributed by atoms with E-state index in [9.17, 15) is 14.4 Å². The van der Waals surface area contributed by atoms with E-state index in [4.69, 9.17) is 14.5 Å². The Kier molecular flexibility index (Phi) is 7.21. The minimum Gasteiger partial charge on any atom is -0.462 e. The number of amides is 1. The highest BCUT2D eigenvalue weighted by Gasteiger charge is 2.24. The first-order valence-corrected chi connectivity index (χ1v) is 11.9. The van der Waals surface area contributed by atoms with Gasteiger partial charge in [0.25, 0.3) is 11.5 Å². The molecule has 180 valence electrons. The molecule has 34 heavy (non-hydrogen) atoms. The number of carbonyl (C=O) groups is 2. The number of rotatable bonds is 7. The van der Waals surface area contributed by atoms with Crippen LogP contribution in [0.2, 0.25) is 0 Å². The second kappa shape index (κ2) is 10.3. The molecule has 9 heteroatoms. The summed E-state index contributed by atoms with van der Waals surface area (Å²) in [6, 6.07) is 6.73. The normalized spacial score (nSPS) is 16.6. The molecule has 3 aromatic heterocycles. The number of ether oxygens (including phenoxy) is 2. The van der Waals surface area contributed by atoms with E-state index in [1.165, 1.54) is 10.5 Å². The minimum absolute atomic E-state index is 0.0708. The van der Waals surface area contributed by atoms with Crippen LogP contribution in [0.3, 0.4) is 0 Å². The van der Waals surface area contributed by atoms with E-state index in [-0.39, 0.29) is 46.5 Å². The van der Waals surface area contributed by atoms with Crippen molar-refractivity contribution in [2.75, 3.05) is 13.2 Å². The summed E-state index contributed by atoms with van der Waals surface area (Å²) in [7, 11) is 0. The standard InChI is InChI=1S/C25H30N4O5/c1-4-16(5-2)23(30)27-22-19(25(32)33-6-3)14-18-21(29(22)15-17-10-9-13-34-17)26-20-11-7-8-12-28(20)24(18)31/h7-8,11-12,14,16-17H,4-6,9-10,13,15H2,1-3H3/t17-/m0/s1. The summed E-state index contributed by atoms with van der Waals surface area (Å²) in [5.41, 5.74) is 0.732. The molecule has 0 radical (unpaired) electrons. The summed E-state index contributed by atoms with van der Waals surface area (Å²) in [5, 5.41) is 0.249. The van der Waals surface area contributed by atoms with Crippen molar-refractivity contribution >= 4 is 28.6 Å². The van der Waals surface area contributed by atoms with Crippen LogP contribution in [0.25, 0.3) is 16.7 Å². The molecule has 4 heterocycles. The molecule has 1 aliphatic rings. The van der Waals surface area contributed by atoms with Crippen LogP contribution in [0.5, 0.6) is 0 Å². The van der Waals surface area contributed by atoms with Crippen LogP contribution in [0.4, 0.5) is 0 Å². The molecule has 0 N–H and O–H groups in total. The van der Waals surface area contributed by atoms with Crippen molar-refractivity contribution in [2.45, 2.75) is 59.1 Å². The quantitative estimate of drug-likeness (QED) is 0.392. The van der Waals surface area contributed by atoms with E-state index < -0.39 is 5.97 Å². The lowest BCUT2D eigenvalue weighted by Crippen LogP contribution is -2.35. The summed E-state index contributed by atoms with van der Waals surface area (Å²) < 4.78 is 14.2. The molecule has 1 aliphatic heterocycles. The zero-order chi connectivity index (χ0) is 24.2. The predicted octanol–water partition coefficient (Wildman–Crippen LogP) is 2.87. The molecule has 0 bridgehead atoms. The maximum absolute atomic E-state index is 13.4. The van der Waals surface area contributed by atoms with E-state index in [1.807, 2.05) is 13.8 Å². The lowest BCUT2D eigenvalue weighted by Gasteiger charge is -2.18. The molecule has 0 saturated carbocycles. The van der Waals surface area contributed by atoms with Gasteiger partial charge in [0.15, 0.2) is 5.49 Å². The van der Waals surface area contributed by atoms with Gasteiger partial charge < -0.3 is 14.0 Å². The first-order chi connectivity index (χ1) is 16.5. The fourth-order valence-corrected chi connectivity index (χ4v) is 4.36. The van der Waals surface area contributed by atoms with Gasteiger partial charge in [0.1, 0.15) is 16.9 Å². The largest absolute Gasteiger partial charge is 0.462 e. The van der Waals surface area contributed by atoms with Crippen LogP contribution in [0, 0.1) is 5.92 Å². The lowest BCUT2D eigenvalue weighted by atomic mass is 10.0. The number of fused-ring (bicyclic) bond motifs is 2. The third-order valence-electron chi connectivity index (χ3n) is 6.25. The molecule has 1 amide bonds. The third kappa shape index (κ3) is 4.52. The zero-order valence-corrected chi connectivity index (χ0v) is 19.8. The molecule has 1 saturated heterocycles. The van der Waals surface area contributed by atoms with Crippen LogP contribution in [0.15, 0.2) is 40.2 Å². The molecular weight excluding hydrogens is 436 g/mol. The molecule has 0 spiro atoms. The number of aromatic nitrogens is 3. The summed E-state index contributed by atoms with van der Waals surface area (Å²) in [5.74, 6) is -1.22. The van der Waals surface area contributed by atoms with E-state index >= 15 is 0 Å². The van der Waals surface area contributed by atoms with Crippen LogP contribution in [-0.4, -0.2) is 45.1 Å². The average molecular weight is 467 g/mol. The highest BCUT2D eigenvalue weighted by atomic mass is 16.5. The fourth-order valence-electron chi connectivity index (χ4n) is 4.36. The second-order valence-corrected chi connectivity index (χ2v) is 8.39. The highest BCUT2D eigenvalue weighted by Crippen LogP contribution is 2.18. The fraction of sp³-hybridized carbons (Fsp3) is 0.480. The van der Waals surface area contributed by atoms with Gasteiger partial charge in [0, 0.05) is 18.7 Å². The molecule has 0 aliphatic carbocycles. The topological polar surface area (TPSA) is 104 Å². The van der Waals surface area contributed by atoms with Crippen molar-refractivity contribution in [3.05, 3.63) is 51.9 Å². The maximum atomic E-state index is 13.4. The van der Waals surface area contributed by atoms with Crippen molar-refractivity contribution < 1.29 is 19.1 Å². The third-order valence-corrected chi connectivity index (χ3v) is 6.25. The van der Waals surface area contributed by atoms with Gasteiger partial charge in [-0.3, -0.25) is 14.0 Å². The monoisotopic (exact) mass is 466 g/mol. The molecule has 1 atom stereocenters. The van der Waals surface area contributed by atoms with E-state index in [1.54, 1.807) is 35.9 Å². The SMILES string of the molecule is CCOC(=O)c1cc2c(=O)n3ccccc3nc2n(C[C@@H]2CCCO2)c1=NC(=O)C(CC)CC. The zero-order valence-electron chi connectivity index (χ0n) is 19.8. The Morgan fingerprint density at radius 3 is 2.74 bits per heavy atom. The smallest absolute Gasteiger partial charge is 0.341 e. The number of esters is 1. The first-order valence-electron chi connectivity index (χ1n) is 11.9. The Morgan fingerprint density at radius 2 is 2.06 bits per heavy atom. The minimum atomic E-state index is -0.640. The number of hydrogen-bond donors (Lipinski definition) is 0. The molecule has 9 nitrogen and oxygen atoms in total. The van der Waals surface area contributed by atoms with Gasteiger partial charge in [0.2, 0.25) is 0 Å². The number of hydrogen-bond acceptors (Lipinski definition) is 6. The molecule has 3 aromatic rings. The van der Waals surface area contributed by atoms with Gasteiger partial charge in [-0.2, -0.15) is 4.99 Å². The predicted molar refractivity (Wildman–Crippen MR) is 127 cm³/mol. The Balaban J connectivity index is 2.10. The number of nitrogens with zero attached hydrogens (tertiary/aromatic N) is 4. The first kappa shape index (κ1) is 23.8. The van der Waals surface area contributed by atoms with Crippen molar-refractivity contribution in [1.82, 2.24) is 14.0 Å². The maximum Gasteiger partial charge on any atom is 0.341 e. The molecule has 0 unspecified atom stereocenters. The van der Waals surface area contributed by atoms with Crippen LogP contribution < -0.4 is 11.0 Å². The van der Waals surface area contributed by atoms with Crippen molar-refractivity contribution in [3.63, 3.8) is 0 Å². The van der Waals surface area contributed by atoms with Crippen molar-refractivity contribution in [1.29, 1.82) is 0 Å². The molecular formula is C25H30N4O5. The van der Waals surface area contributed by atoms with Crippen LogP contribution in [0.1, 0.15) is 56.8 Å². The Morgan fingerprint density at radius 1 is 1.26 bits per heavy atom. The summed E-state index contributed by atoms with van der Waals surface area (Å²) in [6.45, 7) is 6.67. The molecule has 1 fully saturated rings. The Labute approximate surface area is 197 Å². The second-order valence-electron chi connectivity index (χ2n) is 8.39. The highest BCUT2D eigenvalue weighted by molar-refractivity contribution is 5.93. The van der Waals surface area contributed by atoms with Gasteiger partial charge in [0.05, 0.1) is 24.6 Å². The Bertz CT molecular complexity index is 1350. The number of pyridine rings is 2. The van der Waals surface area contributed by atoms with E-state index in [0.717, 1.165) is 12.8 Å². The molecule has 0 aromatic carbocycles. The van der Waals surface area contributed by atoms with Crippen LogP contribution in [-0.2, 0) is 20.8 Å². The van der Waals surface area contributed by atoms with Gasteiger partial charge >= 0.3 is 5.97 Å². The average Bonchev–Trinajstić information content (AvgIpc) is 3.35. The Hall–Kier alpha value is -3.33. The summed E-state index contributed by atoms with van der Waals surface area (Å²) >= 11 is 0. The van der Waals surface area contributed by atoms with Gasteiger partial charge in [-0.1, -0.05) is 19.9 Å². The van der Waals surface area contributed by atoms with E-state index in [2.05, 4.69) is 4.99 Å². The lowest BCUT2D eigenvalue weighted by molar-refractivity contribution is -0.122. The van der Waals surface area contributed by atoms with E-state index in [0.29, 0.717) is 37.3 Å². The van der Waals surface area contributed by atoms with Gasteiger partial charge in [-0.05, 0) is 50.8 Å². The van der Waals surface area contributed by atoms with Crippen molar-refractivity contribution in [2.24, 2.45) is 10.9 Å². The summed E-state index contributed by atoms with van der Waals surface area (Å²) in [4.78, 5) is 48.6. The summed E-state index contributed by atoms with van der Waals surface area (Å²) in [6.07, 6.45) is 4.50. The van der Waals surface area contributed by atoms with Crippen LogP contribution >= 0.6 is 0 Å².